The highest BCUT2D eigenvalue weighted by molar-refractivity contribution is 5.89. The Morgan fingerprint density at radius 2 is 2.18 bits per heavy atom. The van der Waals surface area contributed by atoms with E-state index in [0.29, 0.717) is 23.1 Å². The molecule has 0 saturated heterocycles. The predicted molar refractivity (Wildman–Crippen MR) is 59.0 cm³/mol. The zero-order valence-electron chi connectivity index (χ0n) is 9.01. The molecule has 0 aliphatic rings. The second kappa shape index (κ2) is 4.21. The summed E-state index contributed by atoms with van der Waals surface area (Å²) in [5, 5.41) is 12.3. The fraction of sp³-hybridized carbons (Fsp3) is 0.0833. The lowest BCUT2D eigenvalue weighted by Gasteiger charge is -2.01. The van der Waals surface area contributed by atoms with E-state index < -0.39 is 5.97 Å². The van der Waals surface area contributed by atoms with E-state index in [1.54, 1.807) is 12.1 Å². The van der Waals surface area contributed by atoms with E-state index in [4.69, 9.17) is 5.11 Å². The molecule has 1 aromatic heterocycles. The van der Waals surface area contributed by atoms with Crippen LogP contribution in [-0.2, 0) is 0 Å². The average molecular weight is 231 g/mol. The highest BCUT2D eigenvalue weighted by Crippen LogP contribution is 2.23. The van der Waals surface area contributed by atoms with Crippen LogP contribution in [0.25, 0.3) is 11.3 Å². The molecule has 86 valence electrons. The Kier molecular flexibility index (Phi) is 2.74. The van der Waals surface area contributed by atoms with Gasteiger partial charge < -0.3 is 9.63 Å². The topological polar surface area (TPSA) is 80.4 Å². The van der Waals surface area contributed by atoms with Gasteiger partial charge in [0.25, 0.3) is 0 Å². The molecule has 2 rings (SSSR count). The molecule has 1 heterocycles. The first-order chi connectivity index (χ1) is 8.11. The highest BCUT2D eigenvalue weighted by Gasteiger charge is 2.14. The quantitative estimate of drug-likeness (QED) is 0.818. The van der Waals surface area contributed by atoms with Crippen molar-refractivity contribution in [3.8, 4) is 11.3 Å². The van der Waals surface area contributed by atoms with Crippen LogP contribution in [0.5, 0.6) is 0 Å². The maximum Gasteiger partial charge on any atom is 0.374 e. The van der Waals surface area contributed by atoms with Crippen molar-refractivity contribution in [2.75, 3.05) is 0 Å². The number of carboxylic acids is 1. The zero-order valence-corrected chi connectivity index (χ0v) is 9.01. The Balaban J connectivity index is 2.52. The summed E-state index contributed by atoms with van der Waals surface area (Å²) in [5.74, 6) is -1.44. The van der Waals surface area contributed by atoms with Gasteiger partial charge in [0.1, 0.15) is 5.69 Å². The molecule has 0 aliphatic heterocycles. The number of aromatic carboxylic acids is 1. The minimum atomic E-state index is -1.19. The summed E-state index contributed by atoms with van der Waals surface area (Å²) >= 11 is 0. The number of carbonyl (C=O) groups is 2. The molecule has 0 atom stereocenters. The number of carbonyl (C=O) groups excluding carboxylic acids is 1. The highest BCUT2D eigenvalue weighted by atomic mass is 16.5. The molecule has 0 radical (unpaired) electrons. The molecular formula is C12H9NO4. The monoisotopic (exact) mass is 231 g/mol. The lowest BCUT2D eigenvalue weighted by molar-refractivity contribution is 0.0652. The first-order valence-corrected chi connectivity index (χ1v) is 4.88. The summed E-state index contributed by atoms with van der Waals surface area (Å²) in [4.78, 5) is 21.6. The normalized spacial score (nSPS) is 10.2. The Bertz CT molecular complexity index is 586. The number of aryl methyl sites for hydroxylation is 1. The van der Waals surface area contributed by atoms with Crippen molar-refractivity contribution in [1.82, 2.24) is 5.16 Å². The minimum absolute atomic E-state index is 0.252. The van der Waals surface area contributed by atoms with Crippen molar-refractivity contribution in [2.24, 2.45) is 0 Å². The van der Waals surface area contributed by atoms with Crippen LogP contribution in [0.4, 0.5) is 0 Å². The predicted octanol–water partition coefficient (Wildman–Crippen LogP) is 2.16. The van der Waals surface area contributed by atoms with Gasteiger partial charge >= 0.3 is 5.97 Å². The third kappa shape index (κ3) is 2.08. The number of nitrogens with zero attached hydrogens (tertiary/aromatic N) is 1. The molecule has 0 bridgehead atoms. The summed E-state index contributed by atoms with van der Waals surface area (Å²) in [6, 6.07) is 6.53. The van der Waals surface area contributed by atoms with E-state index in [0.717, 1.165) is 5.56 Å². The summed E-state index contributed by atoms with van der Waals surface area (Å²) in [6.07, 6.45) is 0.706. The van der Waals surface area contributed by atoms with Gasteiger partial charge in [-0.2, -0.15) is 0 Å². The first-order valence-electron chi connectivity index (χ1n) is 4.88. The van der Waals surface area contributed by atoms with Crippen molar-refractivity contribution in [3.63, 3.8) is 0 Å². The van der Waals surface area contributed by atoms with Crippen molar-refractivity contribution in [1.29, 1.82) is 0 Å². The van der Waals surface area contributed by atoms with Gasteiger partial charge in [0.2, 0.25) is 5.76 Å². The molecule has 0 unspecified atom stereocenters. The van der Waals surface area contributed by atoms with Gasteiger partial charge in [0, 0.05) is 17.2 Å². The summed E-state index contributed by atoms with van der Waals surface area (Å²) < 4.78 is 4.64. The van der Waals surface area contributed by atoms with Crippen LogP contribution < -0.4 is 0 Å². The van der Waals surface area contributed by atoms with Crippen LogP contribution in [0.1, 0.15) is 26.5 Å². The third-order valence-corrected chi connectivity index (χ3v) is 2.33. The molecular weight excluding hydrogens is 222 g/mol. The van der Waals surface area contributed by atoms with Crippen LogP contribution in [-0.4, -0.2) is 22.5 Å². The van der Waals surface area contributed by atoms with Crippen LogP contribution in [0.15, 0.2) is 28.8 Å². The van der Waals surface area contributed by atoms with Crippen LogP contribution in [0.3, 0.4) is 0 Å². The molecule has 2 aromatic rings. The van der Waals surface area contributed by atoms with Gasteiger partial charge in [0.05, 0.1) is 0 Å². The molecule has 5 nitrogen and oxygen atoms in total. The van der Waals surface area contributed by atoms with E-state index in [2.05, 4.69) is 9.68 Å². The lowest BCUT2D eigenvalue weighted by Crippen LogP contribution is -1.92. The van der Waals surface area contributed by atoms with Gasteiger partial charge in [-0.15, -0.1) is 0 Å². The summed E-state index contributed by atoms with van der Waals surface area (Å²) in [7, 11) is 0. The van der Waals surface area contributed by atoms with Crippen LogP contribution >= 0.6 is 0 Å². The molecule has 0 aliphatic carbocycles. The minimum Gasteiger partial charge on any atom is -0.475 e. The van der Waals surface area contributed by atoms with Gasteiger partial charge in [-0.25, -0.2) is 4.79 Å². The molecule has 0 saturated carbocycles. The Morgan fingerprint density at radius 1 is 1.41 bits per heavy atom. The average Bonchev–Trinajstić information content (AvgIpc) is 2.78. The standard InChI is InChI=1S/C12H9NO4/c1-7-2-3-9(8(4-7)6-14)10-5-11(12(15)16)17-13-10/h2-6H,1H3,(H,15,16). The van der Waals surface area contributed by atoms with Gasteiger partial charge in [0.15, 0.2) is 6.29 Å². The van der Waals surface area contributed by atoms with Crippen LogP contribution in [0.2, 0.25) is 0 Å². The van der Waals surface area contributed by atoms with E-state index in [-0.39, 0.29) is 5.76 Å². The Hall–Kier alpha value is -2.43. The number of carboxylic acid groups (broad SMARTS) is 1. The summed E-state index contributed by atoms with van der Waals surface area (Å²) in [5.41, 5.74) is 2.29. The third-order valence-electron chi connectivity index (χ3n) is 2.33. The van der Waals surface area contributed by atoms with E-state index >= 15 is 0 Å². The molecule has 0 amide bonds. The summed E-state index contributed by atoms with van der Waals surface area (Å²) in [6.45, 7) is 1.86. The van der Waals surface area contributed by atoms with Gasteiger partial charge in [-0.3, -0.25) is 4.79 Å². The van der Waals surface area contributed by atoms with Gasteiger partial charge in [-0.05, 0) is 13.0 Å². The SMILES string of the molecule is Cc1ccc(-c2cc(C(=O)O)on2)c(C=O)c1. The molecule has 17 heavy (non-hydrogen) atoms. The maximum absolute atomic E-state index is 10.9. The van der Waals surface area contributed by atoms with Gasteiger partial charge in [-0.1, -0.05) is 22.9 Å². The number of aldehydes is 1. The first kappa shape index (κ1) is 11.1. The lowest BCUT2D eigenvalue weighted by atomic mass is 10.0. The van der Waals surface area contributed by atoms with Crippen molar-refractivity contribution in [3.05, 3.63) is 41.2 Å². The zero-order chi connectivity index (χ0) is 12.4. The second-order valence-electron chi connectivity index (χ2n) is 3.59. The van der Waals surface area contributed by atoms with Crippen LogP contribution in [0, 0.1) is 6.92 Å². The molecule has 0 spiro atoms. The molecule has 0 fully saturated rings. The fourth-order valence-electron chi connectivity index (χ4n) is 1.52. The van der Waals surface area contributed by atoms with Crippen molar-refractivity contribution < 1.29 is 19.2 Å². The van der Waals surface area contributed by atoms with E-state index in [1.807, 2.05) is 13.0 Å². The number of benzene rings is 1. The van der Waals surface area contributed by atoms with E-state index in [1.165, 1.54) is 6.07 Å². The smallest absolute Gasteiger partial charge is 0.374 e. The molecule has 5 heteroatoms. The number of aromatic nitrogens is 1. The van der Waals surface area contributed by atoms with E-state index in [9.17, 15) is 9.59 Å². The largest absolute Gasteiger partial charge is 0.475 e. The molecule has 1 N–H and O–H groups in total. The number of hydrogen-bond acceptors (Lipinski definition) is 4. The van der Waals surface area contributed by atoms with Crippen molar-refractivity contribution >= 4 is 12.3 Å². The Labute approximate surface area is 96.7 Å². The van der Waals surface area contributed by atoms with Crippen molar-refractivity contribution in [2.45, 2.75) is 6.92 Å². The number of hydrogen-bond donors (Lipinski definition) is 1. The number of rotatable bonds is 3. The second-order valence-corrected chi connectivity index (χ2v) is 3.59. The maximum atomic E-state index is 10.9. The Morgan fingerprint density at radius 3 is 2.76 bits per heavy atom. The fourth-order valence-corrected chi connectivity index (χ4v) is 1.52. The molecule has 1 aromatic carbocycles.